The van der Waals surface area contributed by atoms with E-state index in [1.165, 1.54) is 50.5 Å². The van der Waals surface area contributed by atoms with E-state index in [0.29, 0.717) is 39.2 Å². The Morgan fingerprint density at radius 3 is 2.18 bits per heavy atom. The predicted octanol–water partition coefficient (Wildman–Crippen LogP) is 6.98. The van der Waals surface area contributed by atoms with Gasteiger partial charge in [0.1, 0.15) is 11.4 Å². The Hall–Kier alpha value is -5.79. The van der Waals surface area contributed by atoms with E-state index in [0.717, 1.165) is 21.9 Å². The van der Waals surface area contributed by atoms with Crippen LogP contribution in [-0.4, -0.2) is 56.9 Å². The first kappa shape index (κ1) is 35.5. The number of benzene rings is 4. The maximum absolute atomic E-state index is 13.7. The van der Waals surface area contributed by atoms with Crippen molar-refractivity contribution in [2.45, 2.75) is 4.90 Å². The smallest absolute Gasteiger partial charge is 0.272 e. The molecule has 0 saturated heterocycles. The Balaban J connectivity index is 1.28. The lowest BCUT2D eigenvalue weighted by atomic mass is 10.1. The molecular weight excluding hydrogens is 677 g/mol. The number of thiazole rings is 1. The lowest BCUT2D eigenvalue weighted by molar-refractivity contribution is -0.114. The van der Waals surface area contributed by atoms with Crippen molar-refractivity contribution in [2.75, 3.05) is 44.8 Å². The van der Waals surface area contributed by atoms with Gasteiger partial charge in [-0.05, 0) is 78.4 Å². The lowest BCUT2D eigenvalue weighted by Gasteiger charge is -2.15. The standard InChI is InChI=1S/C37H34N4O7S2/c1-45-27-15-13-24(14-16-27)30-21-50-37(40-30)41-33(42)22-49-28-12-8-11-26(20-28)38-36(44)29(39-35(43)25-9-6-5-7-10-25)17-23-18-31(46-2)34(48-4)32(19-23)47-3/h5-21H,22H2,1-4H3,(H,38,44)(H,39,43)(H,40,41,42)/b29-17+. The molecule has 0 atom stereocenters. The molecule has 5 aromatic rings. The number of thioether (sulfide) groups is 1. The molecule has 0 aliphatic rings. The topological polar surface area (TPSA) is 137 Å². The molecule has 3 amide bonds. The highest BCUT2D eigenvalue weighted by Crippen LogP contribution is 2.38. The van der Waals surface area contributed by atoms with Gasteiger partial charge in [-0.15, -0.1) is 23.1 Å². The molecule has 0 unspecified atom stereocenters. The van der Waals surface area contributed by atoms with Crippen molar-refractivity contribution in [3.05, 3.63) is 113 Å². The third-order valence-electron chi connectivity index (χ3n) is 7.13. The minimum Gasteiger partial charge on any atom is -0.497 e. The van der Waals surface area contributed by atoms with Gasteiger partial charge in [0.15, 0.2) is 16.6 Å². The molecule has 0 aliphatic heterocycles. The Morgan fingerprint density at radius 1 is 0.800 bits per heavy atom. The van der Waals surface area contributed by atoms with Crippen LogP contribution in [-0.2, 0) is 9.59 Å². The average Bonchev–Trinajstić information content (AvgIpc) is 3.62. The van der Waals surface area contributed by atoms with E-state index in [1.54, 1.807) is 67.8 Å². The Labute approximate surface area is 297 Å². The summed E-state index contributed by atoms with van der Waals surface area (Å²) in [6.45, 7) is 0. The summed E-state index contributed by atoms with van der Waals surface area (Å²) in [5.74, 6) is 0.765. The number of nitrogens with one attached hydrogen (secondary N) is 3. The Morgan fingerprint density at radius 2 is 1.52 bits per heavy atom. The number of hydrogen-bond donors (Lipinski definition) is 3. The van der Waals surface area contributed by atoms with Crippen LogP contribution in [0.15, 0.2) is 107 Å². The van der Waals surface area contributed by atoms with Gasteiger partial charge >= 0.3 is 0 Å². The van der Waals surface area contributed by atoms with Crippen LogP contribution < -0.4 is 34.9 Å². The summed E-state index contributed by atoms with van der Waals surface area (Å²) in [6.07, 6.45) is 1.52. The van der Waals surface area contributed by atoms with Crippen molar-refractivity contribution in [1.29, 1.82) is 0 Å². The molecule has 50 heavy (non-hydrogen) atoms. The van der Waals surface area contributed by atoms with E-state index < -0.39 is 11.8 Å². The number of anilines is 2. The number of carbonyl (C=O) groups excluding carboxylic acids is 3. The average molecular weight is 711 g/mol. The number of aromatic nitrogens is 1. The summed E-state index contributed by atoms with van der Waals surface area (Å²) in [5.41, 5.74) is 3.00. The summed E-state index contributed by atoms with van der Waals surface area (Å²) in [4.78, 5) is 44.8. The normalized spacial score (nSPS) is 10.9. The first-order valence-electron chi connectivity index (χ1n) is 15.1. The van der Waals surface area contributed by atoms with Crippen LogP contribution in [0.25, 0.3) is 17.3 Å². The first-order chi connectivity index (χ1) is 24.3. The van der Waals surface area contributed by atoms with Gasteiger partial charge in [-0.2, -0.15) is 0 Å². The Kier molecular flexibility index (Phi) is 12.1. The number of carbonyl (C=O) groups is 3. The number of rotatable bonds is 14. The number of ether oxygens (including phenoxy) is 4. The number of amides is 3. The quantitative estimate of drug-likeness (QED) is 0.0823. The van der Waals surface area contributed by atoms with E-state index in [4.69, 9.17) is 18.9 Å². The second kappa shape index (κ2) is 17.0. The van der Waals surface area contributed by atoms with Crippen LogP contribution in [0.3, 0.4) is 0 Å². The molecule has 0 saturated carbocycles. The van der Waals surface area contributed by atoms with Crippen LogP contribution in [0.4, 0.5) is 10.8 Å². The highest BCUT2D eigenvalue weighted by atomic mass is 32.2. The van der Waals surface area contributed by atoms with E-state index >= 15 is 0 Å². The molecule has 0 aliphatic carbocycles. The Bertz CT molecular complexity index is 1970. The summed E-state index contributed by atoms with van der Waals surface area (Å²) in [6, 6.07) is 26.5. The van der Waals surface area contributed by atoms with Crippen molar-refractivity contribution in [1.82, 2.24) is 10.3 Å². The predicted molar refractivity (Wildman–Crippen MR) is 197 cm³/mol. The first-order valence-corrected chi connectivity index (χ1v) is 17.0. The highest BCUT2D eigenvalue weighted by molar-refractivity contribution is 8.00. The van der Waals surface area contributed by atoms with Crippen molar-refractivity contribution in [3.63, 3.8) is 0 Å². The zero-order chi connectivity index (χ0) is 35.5. The molecule has 11 nitrogen and oxygen atoms in total. The molecule has 0 bridgehead atoms. The lowest BCUT2D eigenvalue weighted by Crippen LogP contribution is -2.30. The molecular formula is C37H34N4O7S2. The fraction of sp³-hybridized carbons (Fsp3) is 0.135. The van der Waals surface area contributed by atoms with Crippen LogP contribution >= 0.6 is 23.1 Å². The fourth-order valence-electron chi connectivity index (χ4n) is 4.69. The number of hydrogen-bond acceptors (Lipinski definition) is 10. The maximum Gasteiger partial charge on any atom is 0.272 e. The summed E-state index contributed by atoms with van der Waals surface area (Å²) in [7, 11) is 6.08. The van der Waals surface area contributed by atoms with E-state index in [9.17, 15) is 14.4 Å². The third kappa shape index (κ3) is 9.21. The molecule has 5 rings (SSSR count). The van der Waals surface area contributed by atoms with Crippen molar-refractivity contribution in [2.24, 2.45) is 0 Å². The molecule has 0 spiro atoms. The van der Waals surface area contributed by atoms with Crippen LogP contribution in [0.5, 0.6) is 23.0 Å². The van der Waals surface area contributed by atoms with Crippen molar-refractivity contribution < 1.29 is 33.3 Å². The van der Waals surface area contributed by atoms with Gasteiger partial charge in [-0.1, -0.05) is 24.3 Å². The monoisotopic (exact) mass is 710 g/mol. The van der Waals surface area contributed by atoms with Crippen molar-refractivity contribution in [3.8, 4) is 34.3 Å². The molecule has 256 valence electrons. The fourth-order valence-corrected chi connectivity index (χ4v) is 6.18. The zero-order valence-electron chi connectivity index (χ0n) is 27.6. The van der Waals surface area contributed by atoms with Gasteiger partial charge in [-0.3, -0.25) is 14.4 Å². The van der Waals surface area contributed by atoms with Crippen molar-refractivity contribution >= 4 is 57.7 Å². The summed E-state index contributed by atoms with van der Waals surface area (Å²) < 4.78 is 21.5. The molecule has 1 heterocycles. The summed E-state index contributed by atoms with van der Waals surface area (Å²) in [5, 5.41) is 10.8. The van der Waals surface area contributed by atoms with Gasteiger partial charge in [0.25, 0.3) is 11.8 Å². The molecule has 3 N–H and O–H groups in total. The SMILES string of the molecule is COc1ccc(-c2csc(NC(=O)CSc3cccc(NC(=O)/C(=C\c4cc(OC)c(OC)c(OC)c4)NC(=O)c4ccccc4)c3)n2)cc1. The molecule has 1 aromatic heterocycles. The van der Waals surface area contributed by atoms with E-state index in [1.807, 2.05) is 35.7 Å². The number of nitrogens with zero attached hydrogens (tertiary/aromatic N) is 1. The minimum absolute atomic E-state index is 0.0250. The van der Waals surface area contributed by atoms with E-state index in [-0.39, 0.29) is 17.4 Å². The van der Waals surface area contributed by atoms with Crippen LogP contribution in [0.2, 0.25) is 0 Å². The molecule has 0 radical (unpaired) electrons. The highest BCUT2D eigenvalue weighted by Gasteiger charge is 2.18. The van der Waals surface area contributed by atoms with E-state index in [2.05, 4.69) is 20.9 Å². The van der Waals surface area contributed by atoms with Crippen LogP contribution in [0.1, 0.15) is 15.9 Å². The van der Waals surface area contributed by atoms with Crippen LogP contribution in [0, 0.1) is 0 Å². The molecule has 13 heteroatoms. The largest absolute Gasteiger partial charge is 0.497 e. The number of methoxy groups -OCH3 is 4. The second-order valence-electron chi connectivity index (χ2n) is 10.4. The van der Waals surface area contributed by atoms with Gasteiger partial charge < -0.3 is 34.9 Å². The minimum atomic E-state index is -0.570. The second-order valence-corrected chi connectivity index (χ2v) is 12.3. The third-order valence-corrected chi connectivity index (χ3v) is 8.88. The maximum atomic E-state index is 13.7. The van der Waals surface area contributed by atoms with Gasteiger partial charge in [0.05, 0.1) is 39.9 Å². The van der Waals surface area contributed by atoms with Gasteiger partial charge in [-0.25, -0.2) is 4.98 Å². The van der Waals surface area contributed by atoms with Gasteiger partial charge in [0.2, 0.25) is 11.7 Å². The molecule has 4 aromatic carbocycles. The molecule has 0 fully saturated rings. The zero-order valence-corrected chi connectivity index (χ0v) is 29.3. The summed E-state index contributed by atoms with van der Waals surface area (Å²) >= 11 is 2.64. The van der Waals surface area contributed by atoms with Gasteiger partial charge in [0, 0.05) is 27.1 Å².